The molecular formula is C20H27N3O5S. The average Bonchev–Trinajstić information content (AvgIpc) is 3.03. The van der Waals surface area contributed by atoms with E-state index in [1.807, 2.05) is 13.8 Å². The molecule has 29 heavy (non-hydrogen) atoms. The maximum atomic E-state index is 13.1. The van der Waals surface area contributed by atoms with Crippen LogP contribution in [0, 0.1) is 0 Å². The Labute approximate surface area is 172 Å². The van der Waals surface area contributed by atoms with Crippen molar-refractivity contribution in [3.8, 4) is 0 Å². The van der Waals surface area contributed by atoms with Crippen molar-refractivity contribution in [1.29, 1.82) is 0 Å². The van der Waals surface area contributed by atoms with E-state index in [0.717, 1.165) is 40.9 Å². The van der Waals surface area contributed by atoms with E-state index in [2.05, 4.69) is 4.90 Å². The second-order valence-corrected chi connectivity index (χ2v) is 9.61. The third-order valence-corrected chi connectivity index (χ3v) is 7.04. The number of nitrogens with zero attached hydrogens (tertiary/aromatic N) is 3. The lowest BCUT2D eigenvalue weighted by Gasteiger charge is -2.30. The van der Waals surface area contributed by atoms with Crippen LogP contribution in [-0.2, 0) is 35.6 Å². The first-order valence-electron chi connectivity index (χ1n) is 10.1. The van der Waals surface area contributed by atoms with Gasteiger partial charge < -0.3 is 14.7 Å². The zero-order valence-corrected chi connectivity index (χ0v) is 17.7. The molecule has 1 saturated heterocycles. The summed E-state index contributed by atoms with van der Waals surface area (Å²) >= 11 is 1.43. The Kier molecular flexibility index (Phi) is 5.39. The average molecular weight is 422 g/mol. The summed E-state index contributed by atoms with van der Waals surface area (Å²) in [4.78, 5) is 41.4. The molecule has 0 unspecified atom stereocenters. The van der Waals surface area contributed by atoms with Gasteiger partial charge in [0, 0.05) is 24.4 Å². The number of aromatic nitrogens is 2. The first kappa shape index (κ1) is 20.3. The van der Waals surface area contributed by atoms with Gasteiger partial charge in [-0.3, -0.25) is 14.2 Å². The summed E-state index contributed by atoms with van der Waals surface area (Å²) < 4.78 is 8.37. The first-order chi connectivity index (χ1) is 13.8. The van der Waals surface area contributed by atoms with Gasteiger partial charge in [-0.1, -0.05) is 6.42 Å². The monoisotopic (exact) mass is 421 g/mol. The molecule has 1 N–H and O–H groups in total. The van der Waals surface area contributed by atoms with Crippen LogP contribution < -0.4 is 11.2 Å². The fraction of sp³-hybridized carbons (Fsp3) is 0.650. The standard InChI is InChI=1S/C20H27N3O5S/c1-20(2)10-13-14(12-28-20)29-18-16(13)17(26)23(11-15(24)25)19(27)22(18)9-8-21-6-4-3-5-7-21/h3-12H2,1-2H3,(H,24,25). The molecule has 9 heteroatoms. The van der Waals surface area contributed by atoms with E-state index in [1.54, 1.807) is 4.57 Å². The van der Waals surface area contributed by atoms with Crippen LogP contribution in [0.2, 0.25) is 0 Å². The highest BCUT2D eigenvalue weighted by molar-refractivity contribution is 7.18. The van der Waals surface area contributed by atoms with E-state index in [0.29, 0.717) is 36.3 Å². The first-order valence-corrected chi connectivity index (χ1v) is 10.9. The Hall–Kier alpha value is -1.97. The molecule has 4 heterocycles. The highest BCUT2D eigenvalue weighted by atomic mass is 32.1. The number of piperidine rings is 1. The van der Waals surface area contributed by atoms with Crippen LogP contribution in [0.3, 0.4) is 0 Å². The molecule has 1 fully saturated rings. The van der Waals surface area contributed by atoms with Crippen molar-refractivity contribution in [1.82, 2.24) is 14.0 Å². The molecule has 2 aliphatic rings. The highest BCUT2D eigenvalue weighted by Crippen LogP contribution is 2.37. The van der Waals surface area contributed by atoms with E-state index in [9.17, 15) is 19.5 Å². The SMILES string of the molecule is CC1(C)Cc2c(sc3c2c(=O)n(CC(=O)O)c(=O)n3CCN2CCCCC2)CO1. The fourth-order valence-corrected chi connectivity index (χ4v) is 5.54. The molecule has 0 amide bonds. The normalized spacial score (nSPS) is 19.4. The third-order valence-electron chi connectivity index (χ3n) is 5.82. The molecule has 2 aliphatic heterocycles. The number of thiophene rings is 1. The Balaban J connectivity index is 1.84. The number of hydrogen-bond donors (Lipinski definition) is 1. The lowest BCUT2D eigenvalue weighted by molar-refractivity contribution is -0.137. The second kappa shape index (κ2) is 7.70. The van der Waals surface area contributed by atoms with Crippen LogP contribution in [-0.4, -0.2) is 50.3 Å². The van der Waals surface area contributed by atoms with E-state index in [4.69, 9.17) is 4.74 Å². The van der Waals surface area contributed by atoms with Crippen LogP contribution in [0.15, 0.2) is 9.59 Å². The third kappa shape index (κ3) is 3.91. The molecule has 0 radical (unpaired) electrons. The summed E-state index contributed by atoms with van der Waals surface area (Å²) in [5.41, 5.74) is -0.547. The number of hydrogen-bond acceptors (Lipinski definition) is 6. The van der Waals surface area contributed by atoms with Gasteiger partial charge in [-0.05, 0) is 45.3 Å². The number of fused-ring (bicyclic) bond motifs is 3. The van der Waals surface area contributed by atoms with Gasteiger partial charge in [0.15, 0.2) is 0 Å². The van der Waals surface area contributed by atoms with Crippen LogP contribution in [0.1, 0.15) is 43.6 Å². The molecule has 0 bridgehead atoms. The van der Waals surface area contributed by atoms with E-state index in [-0.39, 0.29) is 0 Å². The predicted molar refractivity (Wildman–Crippen MR) is 111 cm³/mol. The Bertz CT molecular complexity index is 1060. The van der Waals surface area contributed by atoms with Crippen molar-refractivity contribution < 1.29 is 14.6 Å². The van der Waals surface area contributed by atoms with Gasteiger partial charge >= 0.3 is 11.7 Å². The highest BCUT2D eigenvalue weighted by Gasteiger charge is 2.32. The molecule has 2 aromatic heterocycles. The number of rotatable bonds is 5. The summed E-state index contributed by atoms with van der Waals surface area (Å²) in [5.74, 6) is -1.20. The molecule has 4 rings (SSSR count). The Morgan fingerprint density at radius 3 is 2.55 bits per heavy atom. The van der Waals surface area contributed by atoms with E-state index >= 15 is 0 Å². The van der Waals surface area contributed by atoms with Crippen molar-refractivity contribution >= 4 is 27.5 Å². The fourth-order valence-electron chi connectivity index (χ4n) is 4.30. The number of likely N-dealkylation sites (tertiary alicyclic amines) is 1. The van der Waals surface area contributed by atoms with E-state index in [1.165, 1.54) is 17.8 Å². The minimum absolute atomic E-state index is 0.403. The van der Waals surface area contributed by atoms with Gasteiger partial charge in [-0.25, -0.2) is 9.36 Å². The lowest BCUT2D eigenvalue weighted by Crippen LogP contribution is -2.43. The van der Waals surface area contributed by atoms with Crippen LogP contribution >= 0.6 is 11.3 Å². The van der Waals surface area contributed by atoms with Gasteiger partial charge in [-0.15, -0.1) is 11.3 Å². The largest absolute Gasteiger partial charge is 0.480 e. The van der Waals surface area contributed by atoms with Crippen molar-refractivity contribution in [2.24, 2.45) is 0 Å². The Morgan fingerprint density at radius 2 is 1.86 bits per heavy atom. The minimum atomic E-state index is -1.20. The van der Waals surface area contributed by atoms with Gasteiger partial charge in [0.2, 0.25) is 0 Å². The van der Waals surface area contributed by atoms with Crippen molar-refractivity contribution in [2.75, 3.05) is 19.6 Å². The summed E-state index contributed by atoms with van der Waals surface area (Å²) in [6.07, 6.45) is 4.11. The van der Waals surface area contributed by atoms with E-state index < -0.39 is 29.4 Å². The lowest BCUT2D eigenvalue weighted by atomic mass is 9.94. The van der Waals surface area contributed by atoms with Gasteiger partial charge in [-0.2, -0.15) is 0 Å². The summed E-state index contributed by atoms with van der Waals surface area (Å²) in [5, 5.41) is 9.74. The number of carboxylic acids is 1. The molecule has 0 saturated carbocycles. The molecule has 8 nitrogen and oxygen atoms in total. The number of carbonyl (C=O) groups is 1. The smallest absolute Gasteiger partial charge is 0.332 e. The van der Waals surface area contributed by atoms with Crippen LogP contribution in [0.5, 0.6) is 0 Å². The number of aliphatic carboxylic acids is 1. The van der Waals surface area contributed by atoms with Crippen molar-refractivity contribution in [3.63, 3.8) is 0 Å². The number of carboxylic acid groups (broad SMARTS) is 1. The predicted octanol–water partition coefficient (Wildman–Crippen LogP) is 1.65. The van der Waals surface area contributed by atoms with Crippen LogP contribution in [0.25, 0.3) is 10.2 Å². The number of ether oxygens (including phenoxy) is 1. The molecule has 158 valence electrons. The molecule has 2 aromatic rings. The molecule has 0 aliphatic carbocycles. The molecule has 0 atom stereocenters. The summed E-state index contributed by atoms with van der Waals surface area (Å²) in [6.45, 7) is 6.90. The molecule has 0 aromatic carbocycles. The maximum absolute atomic E-state index is 13.1. The minimum Gasteiger partial charge on any atom is -0.480 e. The van der Waals surface area contributed by atoms with Crippen molar-refractivity contribution in [3.05, 3.63) is 31.3 Å². The van der Waals surface area contributed by atoms with Crippen molar-refractivity contribution in [2.45, 2.75) is 64.8 Å². The van der Waals surface area contributed by atoms with Crippen LogP contribution in [0.4, 0.5) is 0 Å². The molecule has 0 spiro atoms. The molecular weight excluding hydrogens is 394 g/mol. The van der Waals surface area contributed by atoms with Gasteiger partial charge in [0.05, 0.1) is 17.6 Å². The summed E-state index contributed by atoms with van der Waals surface area (Å²) in [7, 11) is 0. The topological polar surface area (TPSA) is 93.8 Å². The second-order valence-electron chi connectivity index (χ2n) is 8.53. The zero-order chi connectivity index (χ0) is 20.8. The Morgan fingerprint density at radius 1 is 1.14 bits per heavy atom. The maximum Gasteiger partial charge on any atom is 0.332 e. The van der Waals surface area contributed by atoms with Gasteiger partial charge in [0.25, 0.3) is 5.56 Å². The quantitative estimate of drug-likeness (QED) is 0.789. The summed E-state index contributed by atoms with van der Waals surface area (Å²) in [6, 6.07) is 0. The van der Waals surface area contributed by atoms with Gasteiger partial charge in [0.1, 0.15) is 11.4 Å². The zero-order valence-electron chi connectivity index (χ0n) is 16.9.